The number of likely N-dealkylation sites (tertiary alicyclic amines) is 1. The number of nitrogens with zero attached hydrogens (tertiary/aromatic N) is 5. The number of ether oxygens (including phenoxy) is 4. The molecule has 16 nitrogen and oxygen atoms in total. The van der Waals surface area contributed by atoms with Crippen LogP contribution in [0.5, 0.6) is 5.75 Å². The number of fused-ring (bicyclic) bond motifs is 1. The summed E-state index contributed by atoms with van der Waals surface area (Å²) in [6.45, 7) is 1.01. The van der Waals surface area contributed by atoms with Gasteiger partial charge in [-0.3, -0.25) is 19.3 Å². The number of hydrazone groups is 1. The largest absolute Gasteiger partial charge is 0.497 e. The molecule has 0 aromatic heterocycles. The Balaban J connectivity index is 0.968. The molecule has 1 unspecified atom stereocenters. The number of allylic oxidation sites excluding steroid dienone is 3. The summed E-state index contributed by atoms with van der Waals surface area (Å²) in [4.78, 5) is 91.3. The number of carbonyl (C=O) groups excluding carboxylic acids is 6. The first-order chi connectivity index (χ1) is 39.1. The molecule has 4 aliphatic heterocycles. The highest BCUT2D eigenvalue weighted by molar-refractivity contribution is 8.02. The third-order valence-corrected chi connectivity index (χ3v) is 16.2. The quantitative estimate of drug-likeness (QED) is 0.0193. The number of amides is 5. The summed E-state index contributed by atoms with van der Waals surface area (Å²) in [6.07, 6.45) is 8.97. The molecule has 408 valence electrons. The standard InChI is InChI=1S/C63H60N6O10S/c1-76-51-36-34-45(35-37-51)43-77-63(50-31-17-6-18-32-50,60(74)79-55(48-27-13-4-14-28-48)49-29-15-5-16-30-49)58(72)65-53-56(71)67-44-62(80-57(53)67,59(73)78-54(46-23-9-2-10-24-46)47-25-11-3-12-26-47)68-41-42-69(61(68)75)64-38-20-7-19-33-52(70)66-39-21-8-22-40-66/h2-7,9-20,23-38,53-55,57H,8,21-22,39-44H2,1H3,(H,65,72)/t53-,57-,62-,63?/m1/s1. The molecule has 0 radical (unpaired) electrons. The number of hydrogen-bond donors (Lipinski definition) is 1. The maximum atomic E-state index is 15.7. The van der Waals surface area contributed by atoms with Gasteiger partial charge in [0, 0.05) is 37.5 Å². The number of benzene rings is 6. The van der Waals surface area contributed by atoms with Crippen LogP contribution < -0.4 is 10.1 Å². The zero-order chi connectivity index (χ0) is 55.5. The van der Waals surface area contributed by atoms with Gasteiger partial charge in [0.05, 0.1) is 26.8 Å². The summed E-state index contributed by atoms with van der Waals surface area (Å²) < 4.78 is 25.1. The van der Waals surface area contributed by atoms with Crippen molar-refractivity contribution >= 4 is 53.7 Å². The molecule has 4 atom stereocenters. The molecule has 6 aromatic carbocycles. The maximum absolute atomic E-state index is 15.7. The molecule has 5 amide bonds. The molecule has 4 fully saturated rings. The smallest absolute Gasteiger partial charge is 0.354 e. The number of rotatable bonds is 20. The molecule has 4 heterocycles. The molecule has 0 saturated carbocycles. The lowest BCUT2D eigenvalue weighted by Gasteiger charge is -2.43. The summed E-state index contributed by atoms with van der Waals surface area (Å²) in [7, 11) is 1.54. The van der Waals surface area contributed by atoms with Crippen LogP contribution in [-0.2, 0) is 50.4 Å². The van der Waals surface area contributed by atoms with E-state index in [1.54, 1.807) is 79.9 Å². The van der Waals surface area contributed by atoms with Gasteiger partial charge in [-0.15, -0.1) is 0 Å². The van der Waals surface area contributed by atoms with Crippen LogP contribution in [0, 0.1) is 0 Å². The molecule has 0 aliphatic carbocycles. The summed E-state index contributed by atoms with van der Waals surface area (Å²) in [5.74, 6) is -2.90. The van der Waals surface area contributed by atoms with Gasteiger partial charge < -0.3 is 34.1 Å². The fraction of sp³-hybridized carbons (Fsp3) is 0.254. The fourth-order valence-electron chi connectivity index (χ4n) is 10.3. The van der Waals surface area contributed by atoms with Crippen LogP contribution in [0.25, 0.3) is 0 Å². The van der Waals surface area contributed by atoms with E-state index in [9.17, 15) is 14.4 Å². The van der Waals surface area contributed by atoms with Crippen LogP contribution in [-0.4, -0.2) is 118 Å². The van der Waals surface area contributed by atoms with Gasteiger partial charge in [0.15, 0.2) is 12.2 Å². The Morgan fingerprint density at radius 1 is 0.675 bits per heavy atom. The number of β-lactam (4-membered cyclic amide) rings is 1. The first-order valence-corrected chi connectivity index (χ1v) is 27.5. The van der Waals surface area contributed by atoms with Crippen molar-refractivity contribution in [2.24, 2.45) is 5.10 Å². The molecule has 4 aliphatic rings. The summed E-state index contributed by atoms with van der Waals surface area (Å²) in [6, 6.07) is 49.9. The number of carbonyl (C=O) groups is 6. The monoisotopic (exact) mass is 1090 g/mol. The molecular weight excluding hydrogens is 1030 g/mol. The Morgan fingerprint density at radius 3 is 1.79 bits per heavy atom. The van der Waals surface area contributed by atoms with E-state index < -0.39 is 63.9 Å². The number of methoxy groups -OCH3 is 1. The Bertz CT molecular complexity index is 3160. The Hall–Kier alpha value is -8.80. The number of urea groups is 1. The van der Waals surface area contributed by atoms with Crippen LogP contribution in [0.4, 0.5) is 4.79 Å². The van der Waals surface area contributed by atoms with Crippen LogP contribution in [0.2, 0.25) is 0 Å². The maximum Gasteiger partial charge on any atom is 0.354 e. The molecule has 10 rings (SSSR count). The molecule has 4 saturated heterocycles. The lowest BCUT2D eigenvalue weighted by molar-refractivity contribution is -0.187. The molecule has 80 heavy (non-hydrogen) atoms. The molecular formula is C63H60N6O10S. The van der Waals surface area contributed by atoms with Gasteiger partial charge in [-0.05, 0) is 65.3 Å². The number of hydrogen-bond acceptors (Lipinski definition) is 12. The van der Waals surface area contributed by atoms with Crippen molar-refractivity contribution in [3.05, 3.63) is 234 Å². The number of esters is 2. The molecule has 6 aromatic rings. The zero-order valence-electron chi connectivity index (χ0n) is 44.0. The summed E-state index contributed by atoms with van der Waals surface area (Å²) in [5, 5.41) is 7.60. The highest BCUT2D eigenvalue weighted by Crippen LogP contribution is 2.51. The van der Waals surface area contributed by atoms with Gasteiger partial charge in [-0.2, -0.15) is 5.10 Å². The minimum Gasteiger partial charge on any atom is -0.497 e. The van der Waals surface area contributed by atoms with Gasteiger partial charge in [-0.1, -0.05) is 188 Å². The van der Waals surface area contributed by atoms with Crippen LogP contribution in [0.1, 0.15) is 64.9 Å². The predicted octanol–water partition coefficient (Wildman–Crippen LogP) is 8.72. The molecule has 0 spiro atoms. The number of thioether (sulfide) groups is 1. The zero-order valence-corrected chi connectivity index (χ0v) is 44.8. The van der Waals surface area contributed by atoms with Crippen molar-refractivity contribution in [2.45, 2.75) is 60.0 Å². The second-order valence-corrected chi connectivity index (χ2v) is 21.0. The normalized spacial score (nSPS) is 19.8. The predicted molar refractivity (Wildman–Crippen MR) is 301 cm³/mol. The van der Waals surface area contributed by atoms with E-state index in [1.165, 1.54) is 27.1 Å². The number of piperidine rings is 1. The van der Waals surface area contributed by atoms with Crippen molar-refractivity contribution in [3.8, 4) is 5.75 Å². The minimum atomic E-state index is -2.53. The fourth-order valence-corrected chi connectivity index (χ4v) is 12.0. The van der Waals surface area contributed by atoms with Gasteiger partial charge in [-0.25, -0.2) is 19.4 Å². The Morgan fingerprint density at radius 2 is 1.23 bits per heavy atom. The van der Waals surface area contributed by atoms with Gasteiger partial charge in [0.25, 0.3) is 11.5 Å². The van der Waals surface area contributed by atoms with Gasteiger partial charge in [0.1, 0.15) is 17.2 Å². The highest BCUT2D eigenvalue weighted by Gasteiger charge is 2.68. The van der Waals surface area contributed by atoms with Crippen molar-refractivity contribution in [2.75, 3.05) is 39.8 Å². The Kier molecular flexibility index (Phi) is 17.0. The van der Waals surface area contributed by atoms with Crippen LogP contribution in [0.3, 0.4) is 0 Å². The van der Waals surface area contributed by atoms with Crippen molar-refractivity contribution < 1.29 is 47.7 Å². The van der Waals surface area contributed by atoms with E-state index in [4.69, 9.17) is 18.9 Å². The molecule has 0 bridgehead atoms. The second kappa shape index (κ2) is 24.9. The average Bonchev–Trinajstić information content (AvgIpc) is 3.40. The lowest BCUT2D eigenvalue weighted by Crippen LogP contribution is -2.70. The number of nitrogens with one attached hydrogen (secondary N) is 1. The van der Waals surface area contributed by atoms with Crippen molar-refractivity contribution in [3.63, 3.8) is 0 Å². The van der Waals surface area contributed by atoms with E-state index in [2.05, 4.69) is 10.4 Å². The van der Waals surface area contributed by atoms with Gasteiger partial charge >= 0.3 is 18.0 Å². The van der Waals surface area contributed by atoms with E-state index in [0.717, 1.165) is 44.1 Å². The second-order valence-electron chi connectivity index (χ2n) is 19.6. The SMILES string of the molecule is COc1ccc(COC(C(=O)N[C@@H]2C(=O)N3C[C@@](C(=O)OC(c4ccccc4)c4ccccc4)(N4CCN(N=CC=CC=CC(=O)N5CCCCC5)C4=O)S[C@H]23)(C(=O)OC(c2ccccc2)c2ccccc2)c2ccccc2)cc1. The molecule has 17 heteroatoms. The molecule has 1 N–H and O–H groups in total. The van der Waals surface area contributed by atoms with E-state index in [0.29, 0.717) is 33.6 Å². The highest BCUT2D eigenvalue weighted by atomic mass is 32.2. The minimum absolute atomic E-state index is 0.0193. The lowest BCUT2D eigenvalue weighted by atomic mass is 9.90. The van der Waals surface area contributed by atoms with Crippen molar-refractivity contribution in [1.29, 1.82) is 0 Å². The third kappa shape index (κ3) is 11.5. The Labute approximate surface area is 468 Å². The van der Waals surface area contributed by atoms with E-state index in [1.807, 2.05) is 126 Å². The van der Waals surface area contributed by atoms with E-state index >= 15 is 14.4 Å². The summed E-state index contributed by atoms with van der Waals surface area (Å²) in [5.41, 5.74) is 0.808. The van der Waals surface area contributed by atoms with Crippen LogP contribution in [0.15, 0.2) is 205 Å². The first kappa shape index (κ1) is 54.6. The summed E-state index contributed by atoms with van der Waals surface area (Å²) >= 11 is 1.00. The van der Waals surface area contributed by atoms with Crippen LogP contribution >= 0.6 is 11.8 Å². The average molecular weight is 1090 g/mol. The topological polar surface area (TPSA) is 177 Å². The van der Waals surface area contributed by atoms with E-state index in [-0.39, 0.29) is 37.7 Å². The van der Waals surface area contributed by atoms with Gasteiger partial charge in [0.2, 0.25) is 16.7 Å². The first-order valence-electron chi connectivity index (χ1n) is 26.6. The van der Waals surface area contributed by atoms with Crippen molar-refractivity contribution in [1.82, 2.24) is 25.0 Å². The third-order valence-electron chi connectivity index (χ3n) is 14.6.